The fraction of sp³-hybridized carbons (Fsp3) is 0.667. The predicted octanol–water partition coefficient (Wildman–Crippen LogP) is 1.69. The fourth-order valence-corrected chi connectivity index (χ4v) is 3.79. The molecule has 0 bridgehead atoms. The maximum Gasteiger partial charge on any atom is 0.451 e. The van der Waals surface area contributed by atoms with Gasteiger partial charge in [0.1, 0.15) is 0 Å². The Bertz CT molecular complexity index is 968. The molecule has 34 heavy (non-hydrogen) atoms. The van der Waals surface area contributed by atoms with E-state index >= 15 is 0 Å². The molecule has 3 heterocycles. The van der Waals surface area contributed by atoms with Crippen molar-refractivity contribution in [2.24, 2.45) is 5.73 Å². The third-order valence-corrected chi connectivity index (χ3v) is 5.47. The number of hydrogen-bond donors (Lipinski definition) is 2. The molecule has 0 aromatic carbocycles. The number of halogens is 8. The van der Waals surface area contributed by atoms with E-state index in [4.69, 9.17) is 5.73 Å². The van der Waals surface area contributed by atoms with Gasteiger partial charge < -0.3 is 20.6 Å². The number of alkyl halides is 8. The van der Waals surface area contributed by atoms with Gasteiger partial charge in [0, 0.05) is 44.0 Å². The van der Waals surface area contributed by atoms with Crippen LogP contribution in [0.25, 0.3) is 0 Å². The summed E-state index contributed by atoms with van der Waals surface area (Å²) in [6.45, 7) is -1.59. The van der Waals surface area contributed by atoms with Crippen molar-refractivity contribution in [1.29, 1.82) is 0 Å². The Kier molecular flexibility index (Phi) is 6.78. The van der Waals surface area contributed by atoms with Crippen molar-refractivity contribution in [2.75, 3.05) is 13.1 Å². The highest BCUT2D eigenvalue weighted by Gasteiger charge is 2.48. The van der Waals surface area contributed by atoms with E-state index in [-0.39, 0.29) is 6.54 Å². The zero-order valence-electron chi connectivity index (χ0n) is 17.3. The molecule has 0 aliphatic carbocycles. The number of nitrogens with zero attached hydrogens (tertiary/aromatic N) is 4. The molecule has 1 aromatic heterocycles. The van der Waals surface area contributed by atoms with Crippen LogP contribution in [0.4, 0.5) is 35.1 Å². The lowest BCUT2D eigenvalue weighted by Gasteiger charge is -2.38. The molecule has 16 heteroatoms. The van der Waals surface area contributed by atoms with Crippen LogP contribution in [-0.4, -0.2) is 68.0 Å². The van der Waals surface area contributed by atoms with Gasteiger partial charge in [0.2, 0.25) is 17.6 Å². The maximum absolute atomic E-state index is 13.7. The van der Waals surface area contributed by atoms with Gasteiger partial charge in [-0.1, -0.05) is 0 Å². The zero-order valence-corrected chi connectivity index (χ0v) is 17.3. The minimum atomic E-state index is -5.26. The van der Waals surface area contributed by atoms with Crippen LogP contribution >= 0.6 is 0 Å². The summed E-state index contributed by atoms with van der Waals surface area (Å²) >= 11 is 0. The molecule has 0 unspecified atom stereocenters. The average molecular weight is 505 g/mol. The highest BCUT2D eigenvalue weighted by molar-refractivity contribution is 5.79. The van der Waals surface area contributed by atoms with E-state index in [1.54, 1.807) is 0 Å². The van der Waals surface area contributed by atoms with Gasteiger partial charge in [-0.05, 0) is 6.42 Å². The first-order chi connectivity index (χ1) is 15.5. The summed E-state index contributed by atoms with van der Waals surface area (Å²) in [6, 6.07) is -1.23. The fourth-order valence-electron chi connectivity index (χ4n) is 3.79. The zero-order chi connectivity index (χ0) is 25.6. The molecule has 2 aliphatic rings. The van der Waals surface area contributed by atoms with Crippen LogP contribution in [0.5, 0.6) is 0 Å². The number of aliphatic hydroxyl groups is 1. The van der Waals surface area contributed by atoms with Crippen molar-refractivity contribution in [3.8, 4) is 0 Å². The summed E-state index contributed by atoms with van der Waals surface area (Å²) in [6.07, 6.45) is -15.3. The van der Waals surface area contributed by atoms with Crippen LogP contribution in [-0.2, 0) is 34.9 Å². The quantitative estimate of drug-likeness (QED) is 0.603. The highest BCUT2D eigenvalue weighted by atomic mass is 19.4. The van der Waals surface area contributed by atoms with Gasteiger partial charge in [0.25, 0.3) is 5.92 Å². The molecule has 1 fully saturated rings. The topological polar surface area (TPSA) is 113 Å². The second-order valence-corrected chi connectivity index (χ2v) is 8.03. The summed E-state index contributed by atoms with van der Waals surface area (Å²) in [4.78, 5) is 31.6. The van der Waals surface area contributed by atoms with Crippen LogP contribution in [0, 0.1) is 0 Å². The second kappa shape index (κ2) is 8.87. The Balaban J connectivity index is 1.74. The smallest absolute Gasteiger partial charge is 0.368 e. The number of amides is 2. The number of carbonyl (C=O) groups is 2. The number of hydrogen-bond acceptors (Lipinski definition) is 6. The number of aliphatic hydroxyl groups excluding tert-OH is 1. The number of rotatable bonds is 4. The summed E-state index contributed by atoms with van der Waals surface area (Å²) in [5, 5.41) is 9.70. The number of nitrogens with two attached hydrogens (primary N) is 1. The van der Waals surface area contributed by atoms with E-state index in [9.17, 15) is 49.8 Å². The SMILES string of the molecule is N[C@@H](CC(=O)N1CCc2c(nc(C(F)(F)F)nc2C(F)(F)F)C1)CN1C(=O)CCC(F)(F)[C@H]1O. The molecule has 1 saturated heterocycles. The van der Waals surface area contributed by atoms with Crippen molar-refractivity contribution >= 4 is 11.8 Å². The molecule has 0 spiro atoms. The molecule has 2 aliphatic heterocycles. The standard InChI is InChI=1S/C18H19F8N5O3/c19-16(20)3-1-11(32)31(15(16)34)6-8(27)5-12(33)30-4-2-9-10(7-30)28-14(18(24,25)26)29-13(9)17(21,22)23/h8,15,34H,1-7,27H2/t8-,15+/m0/s1. The molecule has 0 saturated carbocycles. The van der Waals surface area contributed by atoms with E-state index in [1.807, 2.05) is 0 Å². The molecule has 1 aromatic rings. The van der Waals surface area contributed by atoms with Gasteiger partial charge in [-0.2, -0.15) is 26.3 Å². The first kappa shape index (κ1) is 26.0. The Hall–Kier alpha value is -2.62. The van der Waals surface area contributed by atoms with Crippen LogP contribution < -0.4 is 5.73 Å². The molecular formula is C18H19F8N5O3. The largest absolute Gasteiger partial charge is 0.451 e. The van der Waals surface area contributed by atoms with Crippen molar-refractivity contribution < 1.29 is 49.8 Å². The Morgan fingerprint density at radius 1 is 1.15 bits per heavy atom. The Labute approximate surface area is 186 Å². The van der Waals surface area contributed by atoms with E-state index in [0.717, 1.165) is 4.90 Å². The van der Waals surface area contributed by atoms with Crippen LogP contribution in [0.15, 0.2) is 0 Å². The third kappa shape index (κ3) is 5.37. The van der Waals surface area contributed by atoms with E-state index < -0.39 is 104 Å². The minimum Gasteiger partial charge on any atom is -0.368 e. The lowest BCUT2D eigenvalue weighted by atomic mass is 10.0. The first-order valence-electron chi connectivity index (χ1n) is 9.93. The molecule has 3 N–H and O–H groups in total. The molecule has 2 amide bonds. The third-order valence-electron chi connectivity index (χ3n) is 5.47. The summed E-state index contributed by atoms with van der Waals surface area (Å²) in [5.41, 5.74) is 2.85. The molecule has 8 nitrogen and oxygen atoms in total. The Morgan fingerprint density at radius 3 is 2.38 bits per heavy atom. The normalized spacial score (nSPS) is 21.9. The number of fused-ring (bicyclic) bond motifs is 1. The molecule has 2 atom stereocenters. The lowest BCUT2D eigenvalue weighted by Crippen LogP contribution is -2.58. The van der Waals surface area contributed by atoms with Gasteiger partial charge in [0.05, 0.1) is 12.2 Å². The summed E-state index contributed by atoms with van der Waals surface area (Å²) in [7, 11) is 0. The summed E-state index contributed by atoms with van der Waals surface area (Å²) in [5.74, 6) is -7.17. The van der Waals surface area contributed by atoms with Crippen LogP contribution in [0.2, 0.25) is 0 Å². The van der Waals surface area contributed by atoms with Crippen molar-refractivity contribution in [3.05, 3.63) is 22.8 Å². The van der Waals surface area contributed by atoms with Gasteiger partial charge in [-0.3, -0.25) is 9.59 Å². The molecule has 190 valence electrons. The van der Waals surface area contributed by atoms with E-state index in [0.29, 0.717) is 4.90 Å². The average Bonchev–Trinajstić information content (AvgIpc) is 2.71. The highest BCUT2D eigenvalue weighted by Crippen LogP contribution is 2.37. The first-order valence-corrected chi connectivity index (χ1v) is 9.93. The number of piperidine rings is 1. The van der Waals surface area contributed by atoms with Gasteiger partial charge in [0.15, 0.2) is 11.9 Å². The van der Waals surface area contributed by atoms with Crippen molar-refractivity contribution in [1.82, 2.24) is 19.8 Å². The monoisotopic (exact) mass is 505 g/mol. The predicted molar refractivity (Wildman–Crippen MR) is 95.7 cm³/mol. The van der Waals surface area contributed by atoms with Crippen molar-refractivity contribution in [2.45, 2.75) is 62.8 Å². The van der Waals surface area contributed by atoms with Crippen LogP contribution in [0.1, 0.15) is 42.0 Å². The molecule has 0 radical (unpaired) electrons. The van der Waals surface area contributed by atoms with Gasteiger partial charge in [-0.15, -0.1) is 0 Å². The maximum atomic E-state index is 13.7. The number of carbonyl (C=O) groups excluding carboxylic acids is 2. The van der Waals surface area contributed by atoms with Gasteiger partial charge >= 0.3 is 12.4 Å². The van der Waals surface area contributed by atoms with Gasteiger partial charge in [-0.25, -0.2) is 18.7 Å². The van der Waals surface area contributed by atoms with E-state index in [2.05, 4.69) is 9.97 Å². The van der Waals surface area contributed by atoms with E-state index in [1.165, 1.54) is 0 Å². The molecule has 3 rings (SSSR count). The second-order valence-electron chi connectivity index (χ2n) is 8.03. The summed E-state index contributed by atoms with van der Waals surface area (Å²) < 4.78 is 106. The minimum absolute atomic E-state index is 0.306. The lowest BCUT2D eigenvalue weighted by molar-refractivity contribution is -0.205. The molecular weight excluding hydrogens is 486 g/mol. The number of aromatic nitrogens is 2. The number of likely N-dealkylation sites (tertiary alicyclic amines) is 1. The Morgan fingerprint density at radius 2 is 1.79 bits per heavy atom. The van der Waals surface area contributed by atoms with Crippen molar-refractivity contribution in [3.63, 3.8) is 0 Å². The van der Waals surface area contributed by atoms with Crippen LogP contribution in [0.3, 0.4) is 0 Å².